The smallest absolute Gasteiger partial charge is 0.416 e. The van der Waals surface area contributed by atoms with Gasteiger partial charge in [-0.3, -0.25) is 8.99 Å². The fourth-order valence-electron chi connectivity index (χ4n) is 4.58. The summed E-state index contributed by atoms with van der Waals surface area (Å²) in [6.07, 6.45) is -0.213. The molecule has 0 saturated carbocycles. The van der Waals surface area contributed by atoms with Crippen molar-refractivity contribution in [3.8, 4) is 5.75 Å². The van der Waals surface area contributed by atoms with Gasteiger partial charge in [-0.25, -0.2) is 12.8 Å². The van der Waals surface area contributed by atoms with E-state index in [9.17, 15) is 26.0 Å². The van der Waals surface area contributed by atoms with Crippen molar-refractivity contribution in [2.45, 2.75) is 37.1 Å². The molecule has 2 heterocycles. The maximum atomic E-state index is 14.5. The van der Waals surface area contributed by atoms with Gasteiger partial charge in [0.15, 0.2) is 0 Å². The lowest BCUT2D eigenvalue weighted by atomic mass is 10.0. The molecule has 0 N–H and O–H groups in total. The zero-order chi connectivity index (χ0) is 29.4. The SMILES string of the molecule is CC(=Cc1ccc2c(c1)N(S(=O)(=O)c1cccc(C(F)(F)F)c1)C[C@H](CCn1ccnn1)O2)c1c(F)cccc1Cl. The monoisotopic (exact) mass is 606 g/mol. The third kappa shape index (κ3) is 6.08. The Labute approximate surface area is 238 Å². The highest BCUT2D eigenvalue weighted by Gasteiger charge is 2.37. The van der Waals surface area contributed by atoms with Crippen molar-refractivity contribution in [1.82, 2.24) is 15.0 Å². The highest BCUT2D eigenvalue weighted by molar-refractivity contribution is 7.92. The number of rotatable bonds is 7. The van der Waals surface area contributed by atoms with Crippen LogP contribution in [0, 0.1) is 5.82 Å². The lowest BCUT2D eigenvalue weighted by Crippen LogP contribution is -2.44. The summed E-state index contributed by atoms with van der Waals surface area (Å²) in [5, 5.41) is 7.86. The Hall–Kier alpha value is -3.90. The molecule has 1 aliphatic heterocycles. The van der Waals surface area contributed by atoms with Crippen molar-refractivity contribution >= 4 is 39.0 Å². The summed E-state index contributed by atoms with van der Waals surface area (Å²) in [6, 6.07) is 12.7. The molecule has 0 bridgehead atoms. The predicted octanol–water partition coefficient (Wildman–Crippen LogP) is 6.70. The van der Waals surface area contributed by atoms with Crippen molar-refractivity contribution in [1.29, 1.82) is 0 Å². The molecule has 214 valence electrons. The van der Waals surface area contributed by atoms with E-state index in [2.05, 4.69) is 10.3 Å². The zero-order valence-corrected chi connectivity index (χ0v) is 23.1. The molecule has 0 aliphatic carbocycles. The number of hydrogen-bond acceptors (Lipinski definition) is 5. The van der Waals surface area contributed by atoms with Crippen LogP contribution in [0.3, 0.4) is 0 Å². The van der Waals surface area contributed by atoms with Crippen LogP contribution < -0.4 is 9.04 Å². The van der Waals surface area contributed by atoms with Gasteiger partial charge in [0.25, 0.3) is 10.0 Å². The molecular formula is C28H23ClF4N4O3S. The van der Waals surface area contributed by atoms with E-state index in [4.69, 9.17) is 16.3 Å². The first kappa shape index (κ1) is 28.6. The first-order chi connectivity index (χ1) is 19.4. The van der Waals surface area contributed by atoms with Crippen molar-refractivity contribution in [3.05, 3.63) is 101 Å². The van der Waals surface area contributed by atoms with E-state index in [1.54, 1.807) is 42.1 Å². The first-order valence-corrected chi connectivity index (χ1v) is 14.2. The van der Waals surface area contributed by atoms with Crippen LogP contribution in [0.5, 0.6) is 5.75 Å². The number of fused-ring (bicyclic) bond motifs is 1. The number of aromatic nitrogens is 3. The molecule has 0 radical (unpaired) electrons. The number of aryl methyl sites for hydroxylation is 1. The molecule has 1 aromatic heterocycles. The van der Waals surface area contributed by atoms with Crippen LogP contribution in [0.15, 0.2) is 78.0 Å². The van der Waals surface area contributed by atoms with Gasteiger partial charge in [-0.15, -0.1) is 5.10 Å². The van der Waals surface area contributed by atoms with Gasteiger partial charge >= 0.3 is 6.18 Å². The molecular weight excluding hydrogens is 584 g/mol. The lowest BCUT2D eigenvalue weighted by molar-refractivity contribution is -0.137. The number of allylic oxidation sites excluding steroid dienone is 1. The Balaban J connectivity index is 1.56. The third-order valence-electron chi connectivity index (χ3n) is 6.56. The van der Waals surface area contributed by atoms with Crippen LogP contribution >= 0.6 is 11.6 Å². The van der Waals surface area contributed by atoms with Crippen molar-refractivity contribution in [2.24, 2.45) is 0 Å². The van der Waals surface area contributed by atoms with E-state index in [0.717, 1.165) is 22.5 Å². The normalized spacial score (nSPS) is 15.9. The number of halogens is 5. The minimum Gasteiger partial charge on any atom is -0.486 e. The molecule has 0 saturated heterocycles. The highest BCUT2D eigenvalue weighted by atomic mass is 35.5. The number of alkyl halides is 3. The number of hydrogen-bond donors (Lipinski definition) is 0. The van der Waals surface area contributed by atoms with E-state index in [0.29, 0.717) is 30.2 Å². The average molecular weight is 607 g/mol. The van der Waals surface area contributed by atoms with Crippen LogP contribution in [0.25, 0.3) is 11.6 Å². The van der Waals surface area contributed by atoms with E-state index in [1.165, 1.54) is 24.4 Å². The summed E-state index contributed by atoms with van der Waals surface area (Å²) in [6.45, 7) is 1.88. The fourth-order valence-corrected chi connectivity index (χ4v) is 6.44. The quantitative estimate of drug-likeness (QED) is 0.173. The molecule has 4 aromatic rings. The van der Waals surface area contributed by atoms with E-state index in [1.807, 2.05) is 0 Å². The maximum absolute atomic E-state index is 14.5. The number of sulfonamides is 1. The molecule has 1 atom stereocenters. The van der Waals surface area contributed by atoms with Gasteiger partial charge in [-0.1, -0.05) is 41.1 Å². The third-order valence-corrected chi connectivity index (χ3v) is 8.65. The first-order valence-electron chi connectivity index (χ1n) is 12.4. The molecule has 0 fully saturated rings. The minimum absolute atomic E-state index is 0.139. The standard InChI is InChI=1S/C28H23ClF4N4O3S/c1-18(27-23(29)6-3-7-24(27)30)14-19-8-9-26-25(15-19)37(17-21(40-26)10-12-36-13-11-34-35-36)41(38,39)22-5-2-4-20(16-22)28(31,32)33/h2-9,11,13-16,21H,10,12,17H2,1H3/t21-/m0/s1. The molecule has 41 heavy (non-hydrogen) atoms. The second-order valence-corrected chi connectivity index (χ2v) is 11.7. The van der Waals surface area contributed by atoms with Gasteiger partial charge in [-0.2, -0.15) is 13.2 Å². The van der Waals surface area contributed by atoms with E-state index in [-0.39, 0.29) is 28.6 Å². The summed E-state index contributed by atoms with van der Waals surface area (Å²) in [5.74, 6) is -0.286. The summed E-state index contributed by atoms with van der Waals surface area (Å²) in [4.78, 5) is -0.509. The van der Waals surface area contributed by atoms with Crippen LogP contribution in [0.4, 0.5) is 23.2 Å². The van der Waals surface area contributed by atoms with Crippen molar-refractivity contribution in [2.75, 3.05) is 10.8 Å². The Bertz CT molecular complexity index is 1690. The Morgan fingerprint density at radius 1 is 1.15 bits per heavy atom. The Morgan fingerprint density at radius 2 is 1.93 bits per heavy atom. The molecule has 7 nitrogen and oxygen atoms in total. The molecule has 1 aliphatic rings. The van der Waals surface area contributed by atoms with Gasteiger partial charge in [0.05, 0.1) is 33.9 Å². The second kappa shape index (κ2) is 11.2. The highest BCUT2D eigenvalue weighted by Crippen LogP contribution is 2.40. The van der Waals surface area contributed by atoms with Gasteiger partial charge < -0.3 is 4.74 Å². The van der Waals surface area contributed by atoms with Gasteiger partial charge in [0.2, 0.25) is 0 Å². The van der Waals surface area contributed by atoms with Crippen LogP contribution in [-0.2, 0) is 22.7 Å². The number of anilines is 1. The van der Waals surface area contributed by atoms with Gasteiger partial charge in [-0.05, 0) is 60.5 Å². The summed E-state index contributed by atoms with van der Waals surface area (Å²) in [5.41, 5.74) is 0.256. The summed E-state index contributed by atoms with van der Waals surface area (Å²) < 4.78 is 91.2. The molecule has 5 rings (SSSR count). The molecule has 0 amide bonds. The Morgan fingerprint density at radius 3 is 2.63 bits per heavy atom. The number of nitrogens with zero attached hydrogens (tertiary/aromatic N) is 4. The zero-order valence-electron chi connectivity index (χ0n) is 21.5. The largest absolute Gasteiger partial charge is 0.486 e. The molecule has 0 unspecified atom stereocenters. The van der Waals surface area contributed by atoms with Crippen LogP contribution in [-0.4, -0.2) is 36.1 Å². The van der Waals surface area contributed by atoms with Crippen LogP contribution in [0.2, 0.25) is 5.02 Å². The second-order valence-electron chi connectivity index (χ2n) is 9.41. The van der Waals surface area contributed by atoms with Crippen LogP contribution in [0.1, 0.15) is 30.0 Å². The lowest BCUT2D eigenvalue weighted by Gasteiger charge is -2.36. The van der Waals surface area contributed by atoms with Gasteiger partial charge in [0, 0.05) is 24.7 Å². The van der Waals surface area contributed by atoms with Crippen molar-refractivity contribution < 1.29 is 30.7 Å². The summed E-state index contributed by atoms with van der Waals surface area (Å²) in [7, 11) is -4.46. The number of benzene rings is 3. The minimum atomic E-state index is -4.72. The van der Waals surface area contributed by atoms with E-state index >= 15 is 0 Å². The fraction of sp³-hybridized carbons (Fsp3) is 0.214. The topological polar surface area (TPSA) is 77.3 Å². The Kier molecular flexibility index (Phi) is 7.80. The van der Waals surface area contributed by atoms with Crippen molar-refractivity contribution in [3.63, 3.8) is 0 Å². The van der Waals surface area contributed by atoms with E-state index < -0.39 is 38.6 Å². The van der Waals surface area contributed by atoms with Gasteiger partial charge in [0.1, 0.15) is 17.7 Å². The predicted molar refractivity (Wildman–Crippen MR) is 146 cm³/mol. The molecule has 13 heteroatoms. The number of ether oxygens (including phenoxy) is 1. The molecule has 3 aromatic carbocycles. The molecule has 0 spiro atoms. The summed E-state index contributed by atoms with van der Waals surface area (Å²) >= 11 is 6.21. The maximum Gasteiger partial charge on any atom is 0.416 e. The average Bonchev–Trinajstić information content (AvgIpc) is 3.45.